The first-order valence-electron chi connectivity index (χ1n) is 9.22. The molecule has 132 valence electrons. The van der Waals surface area contributed by atoms with Gasteiger partial charge in [-0.25, -0.2) is 0 Å². The summed E-state index contributed by atoms with van der Waals surface area (Å²) in [7, 11) is 3.30. The Kier molecular flexibility index (Phi) is 5.64. The van der Waals surface area contributed by atoms with Crippen molar-refractivity contribution in [1.82, 2.24) is 5.32 Å². The van der Waals surface area contributed by atoms with Crippen LogP contribution in [0.15, 0.2) is 18.2 Å². The highest BCUT2D eigenvalue weighted by molar-refractivity contribution is 5.77. The second-order valence-corrected chi connectivity index (χ2v) is 7.16. The van der Waals surface area contributed by atoms with E-state index < -0.39 is 0 Å². The lowest BCUT2D eigenvalue weighted by molar-refractivity contribution is -0.122. The minimum atomic E-state index is 0.202. The Morgan fingerprint density at radius 1 is 1.08 bits per heavy atom. The number of nitrogens with one attached hydrogen (secondary N) is 1. The summed E-state index contributed by atoms with van der Waals surface area (Å²) in [6, 6.07) is 6.45. The summed E-state index contributed by atoms with van der Waals surface area (Å²) >= 11 is 0. The van der Waals surface area contributed by atoms with Crippen molar-refractivity contribution in [2.75, 3.05) is 14.2 Å². The van der Waals surface area contributed by atoms with Gasteiger partial charge in [0.15, 0.2) is 11.5 Å². The van der Waals surface area contributed by atoms with E-state index in [2.05, 4.69) is 11.4 Å². The van der Waals surface area contributed by atoms with Crippen LogP contribution in [-0.2, 0) is 4.79 Å². The van der Waals surface area contributed by atoms with Crippen molar-refractivity contribution < 1.29 is 14.3 Å². The maximum atomic E-state index is 12.5. The Labute approximate surface area is 144 Å². The number of carbonyl (C=O) groups excluding carboxylic acids is 1. The van der Waals surface area contributed by atoms with E-state index in [0.717, 1.165) is 24.3 Å². The lowest BCUT2D eigenvalue weighted by Crippen LogP contribution is -2.37. The normalized spacial score (nSPS) is 19.6. The third kappa shape index (κ3) is 4.22. The van der Waals surface area contributed by atoms with Gasteiger partial charge in [-0.1, -0.05) is 25.3 Å². The second-order valence-electron chi connectivity index (χ2n) is 7.16. The molecule has 0 aliphatic heterocycles. The fourth-order valence-electron chi connectivity index (χ4n) is 3.87. The number of carbonyl (C=O) groups is 1. The van der Waals surface area contributed by atoms with Crippen LogP contribution in [0.4, 0.5) is 0 Å². The van der Waals surface area contributed by atoms with Gasteiger partial charge < -0.3 is 14.8 Å². The van der Waals surface area contributed by atoms with Crippen LogP contribution in [0, 0.1) is 5.92 Å². The highest BCUT2D eigenvalue weighted by Gasteiger charge is 2.34. The number of rotatable bonds is 7. The molecule has 3 rings (SSSR count). The number of benzene rings is 1. The van der Waals surface area contributed by atoms with E-state index in [-0.39, 0.29) is 11.8 Å². The molecule has 0 aromatic heterocycles. The van der Waals surface area contributed by atoms with Crippen LogP contribution >= 0.6 is 0 Å². The zero-order valence-electron chi connectivity index (χ0n) is 14.8. The van der Waals surface area contributed by atoms with E-state index in [1.165, 1.54) is 37.7 Å². The summed E-state index contributed by atoms with van der Waals surface area (Å²) in [6.07, 6.45) is 9.08. The van der Waals surface area contributed by atoms with Crippen molar-refractivity contribution >= 4 is 5.91 Å². The molecule has 0 spiro atoms. The van der Waals surface area contributed by atoms with E-state index in [1.807, 2.05) is 12.1 Å². The van der Waals surface area contributed by atoms with Gasteiger partial charge in [-0.05, 0) is 55.2 Å². The Bertz CT molecular complexity index is 562. The molecule has 2 aliphatic rings. The summed E-state index contributed by atoms with van der Waals surface area (Å²) in [5.74, 6) is 2.60. The molecule has 1 N–H and O–H groups in total. The van der Waals surface area contributed by atoms with E-state index in [1.54, 1.807) is 14.2 Å². The van der Waals surface area contributed by atoms with Crippen molar-refractivity contribution in [1.29, 1.82) is 0 Å². The van der Waals surface area contributed by atoms with Crippen molar-refractivity contribution in [3.8, 4) is 11.5 Å². The SMILES string of the molecule is COc1ccc(C(CC(=O)NC2CCCCC2)C2CC2)cc1OC. The highest BCUT2D eigenvalue weighted by atomic mass is 16.5. The summed E-state index contributed by atoms with van der Waals surface area (Å²) in [4.78, 5) is 12.5. The van der Waals surface area contributed by atoms with Crippen molar-refractivity contribution in [2.45, 2.75) is 63.3 Å². The van der Waals surface area contributed by atoms with E-state index in [0.29, 0.717) is 18.4 Å². The average Bonchev–Trinajstić information content (AvgIpc) is 3.45. The lowest BCUT2D eigenvalue weighted by Gasteiger charge is -2.24. The smallest absolute Gasteiger partial charge is 0.220 e. The Balaban J connectivity index is 1.67. The summed E-state index contributed by atoms with van der Waals surface area (Å²) in [5, 5.41) is 3.26. The minimum absolute atomic E-state index is 0.202. The molecule has 0 heterocycles. The van der Waals surface area contributed by atoms with Crippen molar-refractivity contribution in [2.24, 2.45) is 5.92 Å². The van der Waals surface area contributed by atoms with Gasteiger partial charge in [-0.15, -0.1) is 0 Å². The predicted octanol–water partition coefficient (Wildman–Crippen LogP) is 4.04. The zero-order valence-corrected chi connectivity index (χ0v) is 14.8. The van der Waals surface area contributed by atoms with Crippen LogP contribution < -0.4 is 14.8 Å². The molecule has 1 unspecified atom stereocenters. The molecule has 1 amide bonds. The van der Waals surface area contributed by atoms with Crippen LogP contribution in [0.25, 0.3) is 0 Å². The van der Waals surface area contributed by atoms with Crippen molar-refractivity contribution in [3.63, 3.8) is 0 Å². The van der Waals surface area contributed by atoms with Crippen LogP contribution in [0.1, 0.15) is 62.8 Å². The molecular formula is C20H29NO3. The number of amides is 1. The number of methoxy groups -OCH3 is 2. The Morgan fingerprint density at radius 3 is 2.42 bits per heavy atom. The number of hydrogen-bond donors (Lipinski definition) is 1. The van der Waals surface area contributed by atoms with Crippen LogP contribution in [-0.4, -0.2) is 26.2 Å². The van der Waals surface area contributed by atoms with Crippen molar-refractivity contribution in [3.05, 3.63) is 23.8 Å². The van der Waals surface area contributed by atoms with Gasteiger partial charge in [0.1, 0.15) is 0 Å². The third-order valence-corrected chi connectivity index (χ3v) is 5.40. The van der Waals surface area contributed by atoms with Gasteiger partial charge in [0.05, 0.1) is 14.2 Å². The topological polar surface area (TPSA) is 47.6 Å². The van der Waals surface area contributed by atoms with Gasteiger partial charge in [-0.2, -0.15) is 0 Å². The first kappa shape index (κ1) is 17.1. The summed E-state index contributed by atoms with van der Waals surface area (Å²) < 4.78 is 10.8. The van der Waals surface area contributed by atoms with Gasteiger partial charge >= 0.3 is 0 Å². The monoisotopic (exact) mass is 331 g/mol. The van der Waals surface area contributed by atoms with Gasteiger partial charge in [0.2, 0.25) is 5.91 Å². The first-order valence-corrected chi connectivity index (χ1v) is 9.22. The van der Waals surface area contributed by atoms with Gasteiger partial charge in [0, 0.05) is 12.5 Å². The first-order chi connectivity index (χ1) is 11.7. The van der Waals surface area contributed by atoms with Crippen LogP contribution in [0.5, 0.6) is 11.5 Å². The molecule has 4 nitrogen and oxygen atoms in total. The van der Waals surface area contributed by atoms with E-state index in [9.17, 15) is 4.79 Å². The minimum Gasteiger partial charge on any atom is -0.493 e. The molecule has 1 aromatic carbocycles. The molecule has 2 saturated carbocycles. The molecule has 0 bridgehead atoms. The summed E-state index contributed by atoms with van der Waals surface area (Å²) in [6.45, 7) is 0. The fraction of sp³-hybridized carbons (Fsp3) is 0.650. The third-order valence-electron chi connectivity index (χ3n) is 5.40. The quantitative estimate of drug-likeness (QED) is 0.820. The molecule has 1 aromatic rings. The van der Waals surface area contributed by atoms with E-state index >= 15 is 0 Å². The second kappa shape index (κ2) is 7.91. The van der Waals surface area contributed by atoms with Crippen LogP contribution in [0.2, 0.25) is 0 Å². The molecule has 24 heavy (non-hydrogen) atoms. The standard InChI is InChI=1S/C20H29NO3/c1-23-18-11-10-15(12-19(18)24-2)17(14-8-9-14)13-20(22)21-16-6-4-3-5-7-16/h10-12,14,16-17H,3-9,13H2,1-2H3,(H,21,22). The lowest BCUT2D eigenvalue weighted by atomic mass is 9.89. The maximum absolute atomic E-state index is 12.5. The van der Waals surface area contributed by atoms with Gasteiger partial charge in [-0.3, -0.25) is 4.79 Å². The summed E-state index contributed by atoms with van der Waals surface area (Å²) in [5.41, 5.74) is 1.19. The average molecular weight is 331 g/mol. The predicted molar refractivity (Wildman–Crippen MR) is 94.6 cm³/mol. The molecule has 0 saturated heterocycles. The molecule has 1 atom stereocenters. The Morgan fingerprint density at radius 2 is 1.79 bits per heavy atom. The number of ether oxygens (including phenoxy) is 2. The number of hydrogen-bond acceptors (Lipinski definition) is 3. The highest BCUT2D eigenvalue weighted by Crippen LogP contribution is 2.46. The molecule has 2 aliphatic carbocycles. The van der Waals surface area contributed by atoms with Crippen LogP contribution in [0.3, 0.4) is 0 Å². The molecule has 0 radical (unpaired) electrons. The Hall–Kier alpha value is -1.71. The largest absolute Gasteiger partial charge is 0.493 e. The fourth-order valence-corrected chi connectivity index (χ4v) is 3.87. The molecule has 4 heteroatoms. The molecular weight excluding hydrogens is 302 g/mol. The maximum Gasteiger partial charge on any atom is 0.220 e. The van der Waals surface area contributed by atoms with Gasteiger partial charge in [0.25, 0.3) is 0 Å². The zero-order chi connectivity index (χ0) is 16.9. The molecule has 2 fully saturated rings. The van der Waals surface area contributed by atoms with E-state index in [4.69, 9.17) is 9.47 Å².